The SMILES string of the molecule is Cc1nc(N2C[C@@H]3[C@H](C2)[C@H](N)C=C[C@@H]3C)c(Cl)c2c1c(=O)c(OC(=O)O)cn2C1CC1. The Morgan fingerprint density at radius 1 is 1.29 bits per heavy atom. The van der Waals surface area contributed by atoms with Crippen LogP contribution in [0.5, 0.6) is 5.75 Å². The van der Waals surface area contributed by atoms with Crippen molar-refractivity contribution in [2.45, 2.75) is 38.8 Å². The Balaban J connectivity index is 1.65. The molecular formula is C22H25ClN4O4. The van der Waals surface area contributed by atoms with Crippen molar-refractivity contribution in [3.63, 3.8) is 0 Å². The first-order valence-electron chi connectivity index (χ1n) is 10.6. The molecule has 1 aliphatic heterocycles. The molecule has 2 aromatic rings. The number of nitrogens with zero attached hydrogens (tertiary/aromatic N) is 3. The monoisotopic (exact) mass is 444 g/mol. The molecular weight excluding hydrogens is 420 g/mol. The average molecular weight is 445 g/mol. The van der Waals surface area contributed by atoms with Crippen LogP contribution in [0.25, 0.3) is 10.9 Å². The summed E-state index contributed by atoms with van der Waals surface area (Å²) in [6.07, 6.45) is 6.09. The molecule has 8 nitrogen and oxygen atoms in total. The van der Waals surface area contributed by atoms with Crippen molar-refractivity contribution < 1.29 is 14.6 Å². The highest BCUT2D eigenvalue weighted by atomic mass is 35.5. The summed E-state index contributed by atoms with van der Waals surface area (Å²) in [5.74, 6) is 1.60. The molecule has 0 unspecified atom stereocenters. The Hall–Kier alpha value is -2.58. The van der Waals surface area contributed by atoms with Crippen molar-refractivity contribution in [2.24, 2.45) is 23.5 Å². The lowest BCUT2D eigenvalue weighted by Gasteiger charge is -2.30. The second-order valence-corrected chi connectivity index (χ2v) is 9.32. The molecule has 9 heteroatoms. The maximum absolute atomic E-state index is 13.0. The Morgan fingerprint density at radius 3 is 2.65 bits per heavy atom. The van der Waals surface area contributed by atoms with E-state index < -0.39 is 11.6 Å². The minimum atomic E-state index is -1.52. The van der Waals surface area contributed by atoms with Gasteiger partial charge in [0.15, 0.2) is 5.75 Å². The molecule has 164 valence electrons. The summed E-state index contributed by atoms with van der Waals surface area (Å²) in [4.78, 5) is 31.0. The molecule has 1 saturated heterocycles. The molecule has 3 heterocycles. The van der Waals surface area contributed by atoms with Crippen LogP contribution < -0.4 is 20.8 Å². The predicted molar refractivity (Wildman–Crippen MR) is 118 cm³/mol. The highest BCUT2D eigenvalue weighted by Gasteiger charge is 2.41. The van der Waals surface area contributed by atoms with E-state index in [1.807, 2.05) is 4.57 Å². The molecule has 31 heavy (non-hydrogen) atoms. The number of hydrogen-bond acceptors (Lipinski definition) is 6. The van der Waals surface area contributed by atoms with Crippen molar-refractivity contribution in [1.29, 1.82) is 0 Å². The third-order valence-electron chi connectivity index (χ3n) is 6.90. The number of allylic oxidation sites excluding steroid dienone is 1. The van der Waals surface area contributed by atoms with Crippen LogP contribution in [0.2, 0.25) is 5.02 Å². The Bertz CT molecular complexity index is 1150. The van der Waals surface area contributed by atoms with E-state index in [9.17, 15) is 9.59 Å². The van der Waals surface area contributed by atoms with Crippen LogP contribution in [0.1, 0.15) is 31.5 Å². The average Bonchev–Trinajstić information content (AvgIpc) is 3.46. The number of halogens is 1. The van der Waals surface area contributed by atoms with Gasteiger partial charge in [-0.1, -0.05) is 30.7 Å². The molecule has 0 bridgehead atoms. The van der Waals surface area contributed by atoms with E-state index in [0.717, 1.165) is 25.9 Å². The maximum Gasteiger partial charge on any atom is 0.511 e. The van der Waals surface area contributed by atoms with Crippen LogP contribution in [0.15, 0.2) is 23.1 Å². The van der Waals surface area contributed by atoms with Gasteiger partial charge in [-0.3, -0.25) is 4.79 Å². The molecule has 2 fully saturated rings. The summed E-state index contributed by atoms with van der Waals surface area (Å²) in [7, 11) is 0. The molecule has 1 saturated carbocycles. The zero-order valence-corrected chi connectivity index (χ0v) is 18.2. The van der Waals surface area contributed by atoms with Gasteiger partial charge < -0.3 is 25.0 Å². The lowest BCUT2D eigenvalue weighted by Crippen LogP contribution is -2.38. The second kappa shape index (κ2) is 7.24. The van der Waals surface area contributed by atoms with E-state index >= 15 is 0 Å². The van der Waals surface area contributed by atoms with Crippen LogP contribution in [0.4, 0.5) is 10.6 Å². The van der Waals surface area contributed by atoms with Gasteiger partial charge in [-0.15, -0.1) is 0 Å². The summed E-state index contributed by atoms with van der Waals surface area (Å²) in [5.41, 5.74) is 6.95. The molecule has 2 aromatic heterocycles. The number of aryl methyl sites for hydroxylation is 1. The lowest BCUT2D eigenvalue weighted by atomic mass is 9.77. The Morgan fingerprint density at radius 2 is 2.00 bits per heavy atom. The first-order valence-corrected chi connectivity index (χ1v) is 11.0. The van der Waals surface area contributed by atoms with Gasteiger partial charge in [0.2, 0.25) is 5.43 Å². The fourth-order valence-electron chi connectivity index (χ4n) is 5.13. The fraction of sp³-hybridized carbons (Fsp3) is 0.500. The quantitative estimate of drug-likeness (QED) is 0.551. The first kappa shape index (κ1) is 20.3. The predicted octanol–water partition coefficient (Wildman–Crippen LogP) is 3.34. The number of hydrogen-bond donors (Lipinski definition) is 2. The van der Waals surface area contributed by atoms with Gasteiger partial charge in [-0.2, -0.15) is 0 Å². The molecule has 0 aromatic carbocycles. The van der Waals surface area contributed by atoms with Crippen molar-refractivity contribution in [1.82, 2.24) is 9.55 Å². The number of rotatable bonds is 3. The Labute approximate surface area is 184 Å². The minimum absolute atomic E-state index is 0.00639. The van der Waals surface area contributed by atoms with Gasteiger partial charge in [0.25, 0.3) is 0 Å². The molecule has 0 radical (unpaired) electrons. The standard InChI is InChI=1S/C22H25ClN4O4/c1-10-3-6-15(24)14-8-26(7-13(10)14)21-18(23)19-17(11(2)25-21)20(28)16(31-22(29)30)9-27(19)12-4-5-12/h3,6,9-10,12-15H,4-5,7-8,24H2,1-2H3,(H,29,30)/t10-,13-,14-,15+/m0/s1. The summed E-state index contributed by atoms with van der Waals surface area (Å²) < 4.78 is 6.65. The number of nitrogens with two attached hydrogens (primary N) is 1. The third-order valence-corrected chi connectivity index (χ3v) is 7.25. The molecule has 5 rings (SSSR count). The largest absolute Gasteiger partial charge is 0.511 e. The summed E-state index contributed by atoms with van der Waals surface area (Å²) in [5, 5.41) is 9.75. The van der Waals surface area contributed by atoms with Crippen molar-refractivity contribution >= 4 is 34.5 Å². The van der Waals surface area contributed by atoms with E-state index in [1.165, 1.54) is 6.20 Å². The highest BCUT2D eigenvalue weighted by molar-refractivity contribution is 6.37. The third kappa shape index (κ3) is 3.29. The summed E-state index contributed by atoms with van der Waals surface area (Å²) in [6.45, 7) is 5.52. The first-order chi connectivity index (χ1) is 14.8. The van der Waals surface area contributed by atoms with Gasteiger partial charge in [0.05, 0.1) is 22.8 Å². The number of pyridine rings is 2. The van der Waals surface area contributed by atoms with E-state index in [1.54, 1.807) is 6.92 Å². The van der Waals surface area contributed by atoms with E-state index in [-0.39, 0.29) is 17.8 Å². The number of fused-ring (bicyclic) bond motifs is 2. The highest BCUT2D eigenvalue weighted by Crippen LogP contribution is 2.44. The van der Waals surface area contributed by atoms with Crippen molar-refractivity contribution in [3.05, 3.63) is 39.3 Å². The molecule has 3 aliphatic rings. The van der Waals surface area contributed by atoms with E-state index in [2.05, 4.69) is 24.0 Å². The molecule has 0 spiro atoms. The number of aromatic nitrogens is 2. The van der Waals surface area contributed by atoms with E-state index in [0.29, 0.717) is 45.2 Å². The summed E-state index contributed by atoms with van der Waals surface area (Å²) >= 11 is 6.90. The van der Waals surface area contributed by atoms with Crippen LogP contribution >= 0.6 is 11.6 Å². The van der Waals surface area contributed by atoms with Crippen LogP contribution in [-0.2, 0) is 0 Å². The van der Waals surface area contributed by atoms with Gasteiger partial charge in [-0.05, 0) is 31.6 Å². The number of anilines is 1. The normalized spacial score (nSPS) is 27.5. The molecule has 2 aliphatic carbocycles. The second-order valence-electron chi connectivity index (χ2n) is 8.94. The zero-order chi connectivity index (χ0) is 22.0. The van der Waals surface area contributed by atoms with Gasteiger partial charge in [0, 0.05) is 31.1 Å². The van der Waals surface area contributed by atoms with Crippen molar-refractivity contribution in [3.8, 4) is 5.75 Å². The molecule has 4 atom stereocenters. The van der Waals surface area contributed by atoms with E-state index in [4.69, 9.17) is 32.2 Å². The number of carbonyl (C=O) groups is 1. The maximum atomic E-state index is 13.0. The fourth-order valence-corrected chi connectivity index (χ4v) is 5.49. The summed E-state index contributed by atoms with van der Waals surface area (Å²) in [6, 6.07) is 0.164. The van der Waals surface area contributed by atoms with Crippen LogP contribution in [0.3, 0.4) is 0 Å². The topological polar surface area (TPSA) is 111 Å². The molecule has 3 N–H and O–H groups in total. The zero-order valence-electron chi connectivity index (χ0n) is 17.4. The van der Waals surface area contributed by atoms with Crippen LogP contribution in [0, 0.1) is 24.7 Å². The van der Waals surface area contributed by atoms with Crippen molar-refractivity contribution in [2.75, 3.05) is 18.0 Å². The number of carboxylic acid groups (broad SMARTS) is 1. The minimum Gasteiger partial charge on any atom is -0.449 e. The van der Waals surface area contributed by atoms with Crippen LogP contribution in [-0.4, -0.2) is 39.9 Å². The Kier molecular flexibility index (Phi) is 4.75. The van der Waals surface area contributed by atoms with Gasteiger partial charge in [0.1, 0.15) is 10.8 Å². The lowest BCUT2D eigenvalue weighted by molar-refractivity contribution is 0.143. The number of ether oxygens (including phenoxy) is 1. The van der Waals surface area contributed by atoms with Gasteiger partial charge >= 0.3 is 6.16 Å². The van der Waals surface area contributed by atoms with Gasteiger partial charge in [-0.25, -0.2) is 9.78 Å². The molecule has 0 amide bonds. The smallest absolute Gasteiger partial charge is 0.449 e.